The van der Waals surface area contributed by atoms with Crippen molar-refractivity contribution < 1.29 is 27.1 Å². The topological polar surface area (TPSA) is 83.5 Å². The first kappa shape index (κ1) is 16.5. The standard InChI is InChI=1S/C12H15F2NO4S/c1-12(2,3)10(11(16)17)15-20(18,19)9-5-7(13)4-8(14)6-9/h4-6,10,15H,1-3H3,(H,16,17)/t10-/m1/s1. The second-order valence-corrected chi connectivity index (χ2v) is 7.08. The highest BCUT2D eigenvalue weighted by molar-refractivity contribution is 7.89. The van der Waals surface area contributed by atoms with Gasteiger partial charge in [0.1, 0.15) is 17.7 Å². The Hall–Kier alpha value is -1.54. The van der Waals surface area contributed by atoms with E-state index < -0.39 is 44.0 Å². The van der Waals surface area contributed by atoms with Gasteiger partial charge in [0, 0.05) is 6.07 Å². The van der Waals surface area contributed by atoms with Gasteiger partial charge in [-0.15, -0.1) is 0 Å². The molecule has 0 saturated heterocycles. The van der Waals surface area contributed by atoms with Gasteiger partial charge in [0.25, 0.3) is 0 Å². The predicted octanol–water partition coefficient (Wildman–Crippen LogP) is 1.74. The summed E-state index contributed by atoms with van der Waals surface area (Å²) in [5.41, 5.74) is -0.912. The quantitative estimate of drug-likeness (QED) is 0.887. The molecule has 0 spiro atoms. The highest BCUT2D eigenvalue weighted by Crippen LogP contribution is 2.22. The maximum Gasteiger partial charge on any atom is 0.322 e. The van der Waals surface area contributed by atoms with Crippen molar-refractivity contribution in [2.45, 2.75) is 31.7 Å². The van der Waals surface area contributed by atoms with Gasteiger partial charge < -0.3 is 5.11 Å². The second kappa shape index (κ2) is 5.45. The fourth-order valence-corrected chi connectivity index (χ4v) is 2.94. The molecule has 0 radical (unpaired) electrons. The van der Waals surface area contributed by atoms with Crippen LogP contribution in [-0.4, -0.2) is 25.5 Å². The molecule has 2 N–H and O–H groups in total. The minimum atomic E-state index is -4.34. The van der Waals surface area contributed by atoms with Crippen molar-refractivity contribution >= 4 is 16.0 Å². The summed E-state index contributed by atoms with van der Waals surface area (Å²) >= 11 is 0. The number of hydrogen-bond donors (Lipinski definition) is 2. The molecule has 0 aliphatic heterocycles. The minimum absolute atomic E-state index is 0.525. The van der Waals surface area contributed by atoms with Crippen molar-refractivity contribution in [1.29, 1.82) is 0 Å². The molecule has 8 heteroatoms. The van der Waals surface area contributed by atoms with Crippen molar-refractivity contribution in [1.82, 2.24) is 4.72 Å². The van der Waals surface area contributed by atoms with Crippen LogP contribution >= 0.6 is 0 Å². The van der Waals surface area contributed by atoms with Crippen molar-refractivity contribution in [3.63, 3.8) is 0 Å². The smallest absolute Gasteiger partial charge is 0.322 e. The molecule has 112 valence electrons. The molecule has 1 aromatic carbocycles. The summed E-state index contributed by atoms with van der Waals surface area (Å²) in [6.07, 6.45) is 0. The number of sulfonamides is 1. The number of hydrogen-bond acceptors (Lipinski definition) is 3. The molecule has 0 unspecified atom stereocenters. The van der Waals surface area contributed by atoms with Gasteiger partial charge in [0.15, 0.2) is 0 Å². The zero-order valence-electron chi connectivity index (χ0n) is 11.1. The van der Waals surface area contributed by atoms with E-state index in [0.717, 1.165) is 0 Å². The van der Waals surface area contributed by atoms with Crippen LogP contribution in [0, 0.1) is 17.0 Å². The molecule has 0 bridgehead atoms. The summed E-state index contributed by atoms with van der Waals surface area (Å²) in [5, 5.41) is 9.05. The molecule has 5 nitrogen and oxygen atoms in total. The average Bonchev–Trinajstić information content (AvgIpc) is 2.22. The third kappa shape index (κ3) is 3.97. The van der Waals surface area contributed by atoms with Crippen molar-refractivity contribution in [2.24, 2.45) is 5.41 Å². The second-order valence-electron chi connectivity index (χ2n) is 5.36. The maximum absolute atomic E-state index is 13.0. The van der Waals surface area contributed by atoms with Crippen LogP contribution in [-0.2, 0) is 14.8 Å². The van der Waals surface area contributed by atoms with Crippen molar-refractivity contribution in [3.8, 4) is 0 Å². The predicted molar refractivity (Wildman–Crippen MR) is 67.6 cm³/mol. The number of benzene rings is 1. The number of nitrogens with one attached hydrogen (secondary N) is 1. The molecule has 0 aromatic heterocycles. The van der Waals surface area contributed by atoms with Gasteiger partial charge in [-0.25, -0.2) is 17.2 Å². The Balaban J connectivity index is 3.20. The lowest BCUT2D eigenvalue weighted by Crippen LogP contribution is -2.48. The average molecular weight is 307 g/mol. The monoisotopic (exact) mass is 307 g/mol. The molecule has 0 saturated carbocycles. The first-order valence-electron chi connectivity index (χ1n) is 5.65. The van der Waals surface area contributed by atoms with E-state index in [4.69, 9.17) is 5.11 Å². The molecule has 20 heavy (non-hydrogen) atoms. The third-order valence-corrected chi connectivity index (χ3v) is 3.93. The van der Waals surface area contributed by atoms with Crippen molar-refractivity contribution in [3.05, 3.63) is 29.8 Å². The summed E-state index contributed by atoms with van der Waals surface area (Å²) < 4.78 is 52.0. The van der Waals surface area contributed by atoms with E-state index in [1.54, 1.807) is 0 Å². The van der Waals surface area contributed by atoms with Crippen LogP contribution in [0.3, 0.4) is 0 Å². The molecule has 1 aromatic rings. The Morgan fingerprint density at radius 3 is 2.00 bits per heavy atom. The molecular formula is C12H15F2NO4S. The van der Waals surface area contributed by atoms with Crippen LogP contribution in [0.5, 0.6) is 0 Å². The van der Waals surface area contributed by atoms with E-state index in [2.05, 4.69) is 0 Å². The Kier molecular flexibility index (Phi) is 4.50. The molecule has 0 aliphatic rings. The Bertz CT molecular complexity index is 603. The molecule has 0 aliphatic carbocycles. The van der Waals surface area contributed by atoms with Crippen LogP contribution < -0.4 is 4.72 Å². The Morgan fingerprint density at radius 1 is 1.20 bits per heavy atom. The van der Waals surface area contributed by atoms with E-state index in [1.165, 1.54) is 20.8 Å². The molecule has 0 amide bonds. The molecule has 1 rings (SSSR count). The van der Waals surface area contributed by atoms with Gasteiger partial charge in [0.2, 0.25) is 10.0 Å². The van der Waals surface area contributed by atoms with E-state index in [0.29, 0.717) is 18.2 Å². The summed E-state index contributed by atoms with van der Waals surface area (Å²) in [4.78, 5) is 10.5. The number of aliphatic carboxylic acids is 1. The van der Waals surface area contributed by atoms with Gasteiger partial charge in [-0.05, 0) is 17.5 Å². The summed E-state index contributed by atoms with van der Waals surface area (Å²) in [6.45, 7) is 4.58. The summed E-state index contributed by atoms with van der Waals surface area (Å²) in [6, 6.07) is 0.330. The summed E-state index contributed by atoms with van der Waals surface area (Å²) in [5.74, 6) is -3.50. The lowest BCUT2D eigenvalue weighted by Gasteiger charge is -2.27. The van der Waals surface area contributed by atoms with Gasteiger partial charge in [-0.3, -0.25) is 4.79 Å². The number of carbonyl (C=O) groups is 1. The zero-order chi connectivity index (χ0) is 15.7. The Morgan fingerprint density at radius 2 is 1.65 bits per heavy atom. The van der Waals surface area contributed by atoms with Crippen molar-refractivity contribution in [2.75, 3.05) is 0 Å². The lowest BCUT2D eigenvalue weighted by molar-refractivity contribution is -0.141. The first-order chi connectivity index (χ1) is 8.93. The van der Waals surface area contributed by atoms with Crippen LogP contribution in [0.15, 0.2) is 23.1 Å². The van der Waals surface area contributed by atoms with Gasteiger partial charge in [0.05, 0.1) is 4.90 Å². The maximum atomic E-state index is 13.0. The molecule has 1 atom stereocenters. The van der Waals surface area contributed by atoms with Crippen LogP contribution in [0.25, 0.3) is 0 Å². The van der Waals surface area contributed by atoms with E-state index in [-0.39, 0.29) is 0 Å². The zero-order valence-corrected chi connectivity index (χ0v) is 12.0. The number of carboxylic acids is 1. The SMILES string of the molecule is CC(C)(C)[C@H](NS(=O)(=O)c1cc(F)cc(F)c1)C(=O)O. The third-order valence-electron chi connectivity index (χ3n) is 2.53. The summed E-state index contributed by atoms with van der Waals surface area (Å²) in [7, 11) is -4.34. The Labute approximate surface area is 115 Å². The molecule has 0 heterocycles. The highest BCUT2D eigenvalue weighted by Gasteiger charge is 2.35. The fraction of sp³-hybridized carbons (Fsp3) is 0.417. The highest BCUT2D eigenvalue weighted by atomic mass is 32.2. The van der Waals surface area contributed by atoms with Crippen LogP contribution in [0.4, 0.5) is 8.78 Å². The van der Waals surface area contributed by atoms with Gasteiger partial charge in [-0.2, -0.15) is 4.72 Å². The van der Waals surface area contributed by atoms with Gasteiger partial charge in [-0.1, -0.05) is 20.8 Å². The van der Waals surface area contributed by atoms with E-state index in [9.17, 15) is 22.0 Å². The van der Waals surface area contributed by atoms with Crippen LogP contribution in [0.1, 0.15) is 20.8 Å². The minimum Gasteiger partial charge on any atom is -0.480 e. The largest absolute Gasteiger partial charge is 0.480 e. The first-order valence-corrected chi connectivity index (χ1v) is 7.13. The molecular weight excluding hydrogens is 292 g/mol. The van der Waals surface area contributed by atoms with E-state index >= 15 is 0 Å². The van der Waals surface area contributed by atoms with Gasteiger partial charge >= 0.3 is 5.97 Å². The number of carboxylic acid groups (broad SMARTS) is 1. The van der Waals surface area contributed by atoms with E-state index in [1.807, 2.05) is 4.72 Å². The number of halogens is 2. The van der Waals surface area contributed by atoms with Crippen LogP contribution in [0.2, 0.25) is 0 Å². The number of rotatable bonds is 4. The fourth-order valence-electron chi connectivity index (χ4n) is 1.50. The lowest BCUT2D eigenvalue weighted by atomic mass is 9.88. The normalized spacial score (nSPS) is 14.1. The molecule has 0 fully saturated rings.